The molecule has 0 unspecified atom stereocenters. The van der Waals surface area contributed by atoms with E-state index in [1.165, 1.54) is 5.56 Å². The molecule has 1 amide bonds. The fourth-order valence-electron chi connectivity index (χ4n) is 2.15. The van der Waals surface area contributed by atoms with Crippen molar-refractivity contribution >= 4 is 24.0 Å². The van der Waals surface area contributed by atoms with E-state index in [4.69, 9.17) is 5.73 Å². The van der Waals surface area contributed by atoms with Crippen molar-refractivity contribution in [2.45, 2.75) is 32.2 Å². The molecular weight excluding hydrogens is 296 g/mol. The minimum absolute atomic E-state index is 0. The van der Waals surface area contributed by atoms with Crippen LogP contribution in [0.4, 0.5) is 5.69 Å². The van der Waals surface area contributed by atoms with E-state index in [9.17, 15) is 4.79 Å². The predicted octanol–water partition coefficient (Wildman–Crippen LogP) is 3.74. The van der Waals surface area contributed by atoms with Gasteiger partial charge in [0.25, 0.3) is 0 Å². The molecule has 0 heterocycles. The van der Waals surface area contributed by atoms with Crippen molar-refractivity contribution in [2.75, 3.05) is 5.32 Å². The van der Waals surface area contributed by atoms with Gasteiger partial charge in [0.15, 0.2) is 0 Å². The summed E-state index contributed by atoms with van der Waals surface area (Å²) in [5.74, 6) is 0.325. The topological polar surface area (TPSA) is 55.1 Å². The van der Waals surface area contributed by atoms with E-state index in [2.05, 4.69) is 19.2 Å². The molecule has 4 heteroatoms. The molecule has 0 spiro atoms. The average molecular weight is 319 g/mol. The first-order valence-corrected chi connectivity index (χ1v) is 7.26. The lowest BCUT2D eigenvalue weighted by molar-refractivity contribution is -0.117. The summed E-state index contributed by atoms with van der Waals surface area (Å²) in [7, 11) is 0. The van der Waals surface area contributed by atoms with E-state index in [1.54, 1.807) is 0 Å². The summed E-state index contributed by atoms with van der Waals surface area (Å²) in [6, 6.07) is 17.2. The highest BCUT2D eigenvalue weighted by Crippen LogP contribution is 2.17. The van der Waals surface area contributed by atoms with E-state index >= 15 is 0 Å². The summed E-state index contributed by atoms with van der Waals surface area (Å²) in [6.07, 6.45) is 0.538. The number of hydrogen-bond acceptors (Lipinski definition) is 2. The van der Waals surface area contributed by atoms with Crippen LogP contribution in [0.2, 0.25) is 0 Å². The first-order valence-electron chi connectivity index (χ1n) is 7.26. The van der Waals surface area contributed by atoms with Gasteiger partial charge in [0.1, 0.15) is 0 Å². The second kappa shape index (κ2) is 8.57. The summed E-state index contributed by atoms with van der Waals surface area (Å²) in [5.41, 5.74) is 9.06. The standard InChI is InChI=1S/C18H22N2O.ClH/c1-13(2)15-8-10-16(11-9-15)20-18(21)17(19)12-14-6-4-3-5-7-14;/h3-11,13,17H,12,19H2,1-2H3,(H,20,21);1H/t17-;/m0./s1. The molecule has 0 aromatic heterocycles. The van der Waals surface area contributed by atoms with Crippen molar-refractivity contribution in [3.05, 3.63) is 65.7 Å². The van der Waals surface area contributed by atoms with Crippen LogP contribution in [-0.4, -0.2) is 11.9 Å². The lowest BCUT2D eigenvalue weighted by Crippen LogP contribution is -2.37. The van der Waals surface area contributed by atoms with Gasteiger partial charge in [0.05, 0.1) is 6.04 Å². The van der Waals surface area contributed by atoms with E-state index < -0.39 is 6.04 Å². The van der Waals surface area contributed by atoms with Crippen LogP contribution in [0, 0.1) is 0 Å². The first kappa shape index (κ1) is 18.2. The van der Waals surface area contributed by atoms with Gasteiger partial charge < -0.3 is 11.1 Å². The first-order chi connectivity index (χ1) is 10.1. The number of carbonyl (C=O) groups is 1. The summed E-state index contributed by atoms with van der Waals surface area (Å²) >= 11 is 0. The van der Waals surface area contributed by atoms with Gasteiger partial charge in [-0.3, -0.25) is 4.79 Å². The van der Waals surface area contributed by atoms with Gasteiger partial charge in [0, 0.05) is 5.69 Å². The molecule has 2 aromatic carbocycles. The molecule has 0 aliphatic rings. The molecule has 3 N–H and O–H groups in total. The molecule has 0 fully saturated rings. The molecule has 22 heavy (non-hydrogen) atoms. The monoisotopic (exact) mass is 318 g/mol. The number of nitrogens with one attached hydrogen (secondary N) is 1. The van der Waals surface area contributed by atoms with Gasteiger partial charge in [-0.15, -0.1) is 12.4 Å². The van der Waals surface area contributed by atoms with Crippen LogP contribution in [0.3, 0.4) is 0 Å². The molecule has 0 aliphatic heterocycles. The highest BCUT2D eigenvalue weighted by atomic mass is 35.5. The van der Waals surface area contributed by atoms with Gasteiger partial charge in [-0.2, -0.15) is 0 Å². The normalized spacial score (nSPS) is 11.6. The van der Waals surface area contributed by atoms with Crippen LogP contribution >= 0.6 is 12.4 Å². The molecule has 0 aliphatic carbocycles. The third-order valence-corrected chi connectivity index (χ3v) is 3.48. The van der Waals surface area contributed by atoms with Crippen LogP contribution in [0.1, 0.15) is 30.9 Å². The zero-order chi connectivity index (χ0) is 15.2. The fourth-order valence-corrected chi connectivity index (χ4v) is 2.15. The maximum Gasteiger partial charge on any atom is 0.241 e. The van der Waals surface area contributed by atoms with Crippen molar-refractivity contribution in [1.82, 2.24) is 0 Å². The van der Waals surface area contributed by atoms with Crippen LogP contribution in [0.15, 0.2) is 54.6 Å². The van der Waals surface area contributed by atoms with Crippen LogP contribution < -0.4 is 11.1 Å². The van der Waals surface area contributed by atoms with E-state index in [0.717, 1.165) is 11.3 Å². The Balaban J connectivity index is 0.00000242. The number of hydrogen-bond donors (Lipinski definition) is 2. The number of amides is 1. The Hall–Kier alpha value is -1.84. The van der Waals surface area contributed by atoms with E-state index in [-0.39, 0.29) is 18.3 Å². The summed E-state index contributed by atoms with van der Waals surface area (Å²) < 4.78 is 0. The van der Waals surface area contributed by atoms with Gasteiger partial charge in [-0.05, 0) is 35.6 Å². The highest BCUT2D eigenvalue weighted by Gasteiger charge is 2.14. The number of rotatable bonds is 5. The summed E-state index contributed by atoms with van der Waals surface area (Å²) in [4.78, 5) is 12.1. The molecule has 1 atom stereocenters. The lowest BCUT2D eigenvalue weighted by atomic mass is 10.0. The Morgan fingerprint density at radius 2 is 1.64 bits per heavy atom. The molecule has 3 nitrogen and oxygen atoms in total. The molecule has 0 radical (unpaired) electrons. The Morgan fingerprint density at radius 1 is 1.05 bits per heavy atom. The third-order valence-electron chi connectivity index (χ3n) is 3.48. The molecular formula is C18H23ClN2O. The molecule has 2 rings (SSSR count). The van der Waals surface area contributed by atoms with Crippen molar-refractivity contribution in [3.8, 4) is 0 Å². The number of carbonyl (C=O) groups excluding carboxylic acids is 1. The maximum absolute atomic E-state index is 12.1. The van der Waals surface area contributed by atoms with Crippen molar-refractivity contribution in [2.24, 2.45) is 5.73 Å². The Kier molecular flexibility index (Phi) is 7.09. The Bertz CT molecular complexity index is 582. The van der Waals surface area contributed by atoms with E-state index in [1.807, 2.05) is 54.6 Å². The number of nitrogens with two attached hydrogens (primary N) is 1. The largest absolute Gasteiger partial charge is 0.325 e. The second-order valence-electron chi connectivity index (χ2n) is 5.56. The SMILES string of the molecule is CC(C)c1ccc(NC(=O)[C@@H](N)Cc2ccccc2)cc1.Cl. The van der Waals surface area contributed by atoms with Gasteiger partial charge in [-0.25, -0.2) is 0 Å². The second-order valence-corrected chi connectivity index (χ2v) is 5.56. The smallest absolute Gasteiger partial charge is 0.241 e. The molecule has 0 bridgehead atoms. The van der Waals surface area contributed by atoms with Gasteiger partial charge in [-0.1, -0.05) is 56.3 Å². The number of halogens is 1. The van der Waals surface area contributed by atoms with Crippen LogP contribution in [0.25, 0.3) is 0 Å². The molecule has 0 saturated carbocycles. The minimum Gasteiger partial charge on any atom is -0.325 e. The summed E-state index contributed by atoms with van der Waals surface area (Å²) in [5, 5.41) is 2.86. The molecule has 2 aromatic rings. The fraction of sp³-hybridized carbons (Fsp3) is 0.278. The van der Waals surface area contributed by atoms with E-state index in [0.29, 0.717) is 12.3 Å². The lowest BCUT2D eigenvalue weighted by Gasteiger charge is -2.13. The van der Waals surface area contributed by atoms with Crippen molar-refractivity contribution < 1.29 is 4.79 Å². The van der Waals surface area contributed by atoms with Crippen molar-refractivity contribution in [1.29, 1.82) is 0 Å². The average Bonchev–Trinajstić information content (AvgIpc) is 2.48. The molecule has 118 valence electrons. The molecule has 0 saturated heterocycles. The summed E-state index contributed by atoms with van der Waals surface area (Å²) in [6.45, 7) is 4.28. The minimum atomic E-state index is -0.544. The maximum atomic E-state index is 12.1. The van der Waals surface area contributed by atoms with Gasteiger partial charge >= 0.3 is 0 Å². The number of anilines is 1. The third kappa shape index (κ3) is 5.17. The van der Waals surface area contributed by atoms with Crippen LogP contribution in [0.5, 0.6) is 0 Å². The number of benzene rings is 2. The zero-order valence-electron chi connectivity index (χ0n) is 13.0. The Morgan fingerprint density at radius 3 is 2.18 bits per heavy atom. The zero-order valence-corrected chi connectivity index (χ0v) is 13.8. The highest BCUT2D eigenvalue weighted by molar-refractivity contribution is 5.94. The van der Waals surface area contributed by atoms with Crippen molar-refractivity contribution in [3.63, 3.8) is 0 Å². The predicted molar refractivity (Wildman–Crippen MR) is 94.5 cm³/mol. The quantitative estimate of drug-likeness (QED) is 0.882. The Labute approximate surface area is 138 Å². The van der Waals surface area contributed by atoms with Crippen LogP contribution in [-0.2, 0) is 11.2 Å². The van der Waals surface area contributed by atoms with Gasteiger partial charge in [0.2, 0.25) is 5.91 Å².